The number of ether oxygens (including phenoxy) is 1. The molecule has 1 saturated carbocycles. The van der Waals surface area contributed by atoms with Gasteiger partial charge in [0, 0.05) is 7.11 Å². The summed E-state index contributed by atoms with van der Waals surface area (Å²) >= 11 is 0. The van der Waals surface area contributed by atoms with Gasteiger partial charge in [-0.1, -0.05) is 40.9 Å². The van der Waals surface area contributed by atoms with Crippen molar-refractivity contribution in [2.24, 2.45) is 0 Å². The first kappa shape index (κ1) is 12.9. The SMILES string of the molecule is COC1C(C(F)(F)F)SSC12CCCCC2. The van der Waals surface area contributed by atoms with Crippen molar-refractivity contribution in [2.75, 3.05) is 7.11 Å². The molecule has 0 aromatic carbocycles. The van der Waals surface area contributed by atoms with E-state index in [4.69, 9.17) is 4.74 Å². The van der Waals surface area contributed by atoms with Gasteiger partial charge in [-0.3, -0.25) is 0 Å². The predicted octanol–water partition coefficient (Wildman–Crippen LogP) is 4.03. The highest BCUT2D eigenvalue weighted by Crippen LogP contribution is 2.61. The van der Waals surface area contributed by atoms with Crippen LogP contribution in [0.5, 0.6) is 0 Å². The first-order valence-electron chi connectivity index (χ1n) is 5.44. The molecule has 0 aromatic heterocycles. The van der Waals surface area contributed by atoms with Gasteiger partial charge in [-0.15, -0.1) is 0 Å². The molecule has 0 aromatic rings. The van der Waals surface area contributed by atoms with Crippen LogP contribution in [0, 0.1) is 0 Å². The molecule has 0 amide bonds. The quantitative estimate of drug-likeness (QED) is 0.667. The average Bonchev–Trinajstić information content (AvgIpc) is 2.57. The van der Waals surface area contributed by atoms with Crippen molar-refractivity contribution in [1.82, 2.24) is 0 Å². The number of hydrogen-bond donors (Lipinski definition) is 0. The normalized spacial score (nSPS) is 34.5. The molecule has 2 aliphatic rings. The number of rotatable bonds is 1. The zero-order chi connectivity index (χ0) is 11.8. The summed E-state index contributed by atoms with van der Waals surface area (Å²) in [4.78, 5) is 0. The number of methoxy groups -OCH3 is 1. The summed E-state index contributed by atoms with van der Waals surface area (Å²) in [5.74, 6) is 0. The van der Waals surface area contributed by atoms with Crippen molar-refractivity contribution in [3.63, 3.8) is 0 Å². The van der Waals surface area contributed by atoms with Gasteiger partial charge in [0.2, 0.25) is 0 Å². The molecule has 1 nitrogen and oxygen atoms in total. The fraction of sp³-hybridized carbons (Fsp3) is 1.00. The maximum absolute atomic E-state index is 12.8. The van der Waals surface area contributed by atoms with Gasteiger partial charge >= 0.3 is 6.18 Å². The first-order valence-corrected chi connectivity index (χ1v) is 7.65. The van der Waals surface area contributed by atoms with Crippen LogP contribution in [0.1, 0.15) is 32.1 Å². The third-order valence-electron chi connectivity index (χ3n) is 3.39. The van der Waals surface area contributed by atoms with Crippen LogP contribution in [-0.2, 0) is 4.74 Å². The van der Waals surface area contributed by atoms with E-state index in [2.05, 4.69) is 0 Å². The summed E-state index contributed by atoms with van der Waals surface area (Å²) in [7, 11) is 3.77. The van der Waals surface area contributed by atoms with Gasteiger partial charge in [0.25, 0.3) is 0 Å². The summed E-state index contributed by atoms with van der Waals surface area (Å²) in [6, 6.07) is 0. The van der Waals surface area contributed by atoms with Crippen molar-refractivity contribution >= 4 is 21.6 Å². The second-order valence-corrected chi connectivity index (χ2v) is 7.18. The van der Waals surface area contributed by atoms with E-state index in [1.54, 1.807) is 0 Å². The molecule has 94 valence electrons. The number of hydrogen-bond acceptors (Lipinski definition) is 3. The first-order chi connectivity index (χ1) is 7.49. The van der Waals surface area contributed by atoms with Crippen LogP contribution in [0.4, 0.5) is 13.2 Å². The largest absolute Gasteiger partial charge is 0.403 e. The Morgan fingerprint density at radius 2 is 1.81 bits per heavy atom. The lowest BCUT2D eigenvalue weighted by Crippen LogP contribution is -2.47. The number of alkyl halides is 3. The fourth-order valence-corrected chi connectivity index (χ4v) is 6.65. The summed E-state index contributed by atoms with van der Waals surface area (Å²) in [6.45, 7) is 0. The maximum atomic E-state index is 12.8. The molecule has 1 aliphatic heterocycles. The molecular formula is C10H15F3OS2. The second kappa shape index (κ2) is 4.61. The van der Waals surface area contributed by atoms with E-state index in [-0.39, 0.29) is 4.75 Å². The van der Waals surface area contributed by atoms with E-state index in [0.717, 1.165) is 42.9 Å². The van der Waals surface area contributed by atoms with E-state index < -0.39 is 17.5 Å². The van der Waals surface area contributed by atoms with Gasteiger partial charge in [-0.2, -0.15) is 13.2 Å². The highest BCUT2D eigenvalue weighted by Gasteiger charge is 2.59. The van der Waals surface area contributed by atoms with Gasteiger partial charge < -0.3 is 4.74 Å². The van der Waals surface area contributed by atoms with Gasteiger partial charge in [-0.25, -0.2) is 0 Å². The van der Waals surface area contributed by atoms with Crippen molar-refractivity contribution in [1.29, 1.82) is 0 Å². The number of halogens is 3. The molecule has 0 bridgehead atoms. The van der Waals surface area contributed by atoms with Gasteiger partial charge in [-0.05, 0) is 12.8 Å². The van der Waals surface area contributed by atoms with E-state index in [9.17, 15) is 13.2 Å². The third-order valence-corrected chi connectivity index (χ3v) is 7.08. The van der Waals surface area contributed by atoms with E-state index in [0.29, 0.717) is 0 Å². The Morgan fingerprint density at radius 1 is 1.19 bits per heavy atom. The second-order valence-electron chi connectivity index (χ2n) is 4.42. The lowest BCUT2D eigenvalue weighted by Gasteiger charge is -2.37. The van der Waals surface area contributed by atoms with Gasteiger partial charge in [0.05, 0.1) is 10.9 Å². The molecule has 1 aliphatic carbocycles. The van der Waals surface area contributed by atoms with Crippen LogP contribution in [0.15, 0.2) is 0 Å². The van der Waals surface area contributed by atoms with Crippen LogP contribution in [-0.4, -0.2) is 29.4 Å². The van der Waals surface area contributed by atoms with Gasteiger partial charge in [0.1, 0.15) is 5.25 Å². The Morgan fingerprint density at radius 3 is 2.31 bits per heavy atom. The molecule has 2 fully saturated rings. The highest BCUT2D eigenvalue weighted by atomic mass is 33.1. The van der Waals surface area contributed by atoms with Gasteiger partial charge in [0.15, 0.2) is 0 Å². The summed E-state index contributed by atoms with van der Waals surface area (Å²) in [5.41, 5.74) is 0. The zero-order valence-corrected chi connectivity index (χ0v) is 10.7. The monoisotopic (exact) mass is 272 g/mol. The fourth-order valence-electron chi connectivity index (χ4n) is 2.60. The molecule has 1 spiro atoms. The van der Waals surface area contributed by atoms with E-state index >= 15 is 0 Å². The molecule has 2 unspecified atom stereocenters. The molecular weight excluding hydrogens is 257 g/mol. The molecule has 0 N–H and O–H groups in total. The van der Waals surface area contributed by atoms with Crippen molar-refractivity contribution in [2.45, 2.75) is 54.4 Å². The Balaban J connectivity index is 2.17. The lowest BCUT2D eigenvalue weighted by molar-refractivity contribution is -0.154. The predicted molar refractivity (Wildman–Crippen MR) is 61.6 cm³/mol. The zero-order valence-electron chi connectivity index (χ0n) is 9.05. The average molecular weight is 272 g/mol. The van der Waals surface area contributed by atoms with Crippen LogP contribution in [0.25, 0.3) is 0 Å². The molecule has 0 radical (unpaired) electrons. The molecule has 1 saturated heterocycles. The summed E-state index contributed by atoms with van der Waals surface area (Å²) in [6.07, 6.45) is 0.0729. The van der Waals surface area contributed by atoms with Crippen molar-refractivity contribution in [3.8, 4) is 0 Å². The van der Waals surface area contributed by atoms with Crippen LogP contribution in [0.2, 0.25) is 0 Å². The van der Waals surface area contributed by atoms with Crippen molar-refractivity contribution < 1.29 is 17.9 Å². The molecule has 2 atom stereocenters. The topological polar surface area (TPSA) is 9.23 Å². The van der Waals surface area contributed by atoms with Crippen LogP contribution in [0.3, 0.4) is 0 Å². The molecule has 2 rings (SSSR count). The van der Waals surface area contributed by atoms with Crippen LogP contribution < -0.4 is 0 Å². The lowest BCUT2D eigenvalue weighted by atomic mass is 9.82. The Bertz CT molecular complexity index is 251. The highest BCUT2D eigenvalue weighted by molar-refractivity contribution is 8.78. The standard InChI is InChI=1S/C10H15F3OS2/c1-14-7-8(10(11,12)13)15-16-9(7)5-3-2-4-6-9/h7-8H,2-6H2,1H3. The minimum absolute atomic E-state index is 0.294. The minimum Gasteiger partial charge on any atom is -0.378 e. The Kier molecular flexibility index (Phi) is 3.72. The van der Waals surface area contributed by atoms with E-state index in [1.165, 1.54) is 17.9 Å². The molecule has 1 heterocycles. The van der Waals surface area contributed by atoms with Crippen molar-refractivity contribution in [3.05, 3.63) is 0 Å². The maximum Gasteiger partial charge on any atom is 0.403 e. The molecule has 6 heteroatoms. The summed E-state index contributed by atoms with van der Waals surface area (Å²) in [5, 5.41) is -1.36. The third kappa shape index (κ3) is 2.20. The summed E-state index contributed by atoms with van der Waals surface area (Å²) < 4.78 is 43.4. The van der Waals surface area contributed by atoms with Crippen LogP contribution >= 0.6 is 21.6 Å². The molecule has 16 heavy (non-hydrogen) atoms. The smallest absolute Gasteiger partial charge is 0.378 e. The minimum atomic E-state index is -4.15. The Hall–Kier alpha value is 0.450. The van der Waals surface area contributed by atoms with E-state index in [1.807, 2.05) is 0 Å². The Labute approximate surface area is 101 Å².